The highest BCUT2D eigenvalue weighted by Crippen LogP contribution is 2.49. The van der Waals surface area contributed by atoms with Crippen LogP contribution in [0.3, 0.4) is 0 Å². The maximum Gasteiger partial charge on any atom is 0.410 e. The summed E-state index contributed by atoms with van der Waals surface area (Å²) in [7, 11) is 5.70. The summed E-state index contributed by atoms with van der Waals surface area (Å²) >= 11 is 6.83. The number of carbonyl (C=O) groups excluding carboxylic acids is 10. The second-order valence-corrected chi connectivity index (χ2v) is 23.4. The summed E-state index contributed by atoms with van der Waals surface area (Å²) in [5, 5.41) is 25.3. The zero-order valence-corrected chi connectivity index (χ0v) is 52.1. The number of ether oxygens (including phenoxy) is 6. The van der Waals surface area contributed by atoms with Crippen LogP contribution in [0.15, 0.2) is 72.4 Å². The summed E-state index contributed by atoms with van der Waals surface area (Å²) < 4.78 is 35.0. The monoisotopic (exact) mass is 1250 g/mol. The zero-order chi connectivity index (χ0) is 64.8. The fourth-order valence-electron chi connectivity index (χ4n) is 10.5. The number of alkyl carbamates (subject to hydrolysis) is 1. The molecule has 0 radical (unpaired) electrons. The SMILES string of the molecule is COc1cc2cc(c1Cl)N(C)C(=O)CC(OC(=O)[C@H](C)N(C)C(=O)OCc1ccc(NC(=O)[C@H](CCCNC(N)=O)NC(=O)[C@@H](NC(=O)CCCCCN3C(=O)C=CC3=O)C(C)C)cc1)C1(C)OC1C(C)C1CC(O)(NC(=O)O1)C(OC)/C=C/C=C(\C)C2. The standard InChI is InChI=1S/C61H82ClN9O17/c1-34(2)52(67-47(72)19-12-11-13-27-71-48(73)24-25-49(71)74)55(77)66-41(17-15-26-64-57(63)79)54(76)65-40-22-20-38(21-23-40)33-85-59(81)69(7)37(5)56(78)87-46-31-50(75)70(8)42-29-39(30-43(83-9)51(42)62)28-35(3)16-14-18-45(84-10)61(82)32-44(86-58(80)68-61)36(4)53-60(46,6)88-53/h14,16,18,20-25,29-30,34,36-37,41,44-46,52-53,82H,11-13,15,17,19,26-28,31-33H2,1-10H3,(H,65,76)(H,66,77)(H,67,72)(H,68,80)(H3,63,64,79)/b18-14+,35-16+/t36?,37-,41-,44?,45?,46?,52-,53?,60?,61?/m0/s1. The Morgan fingerprint density at radius 2 is 1.66 bits per heavy atom. The van der Waals surface area contributed by atoms with E-state index in [9.17, 15) is 53.1 Å². The first-order valence-corrected chi connectivity index (χ1v) is 29.5. The van der Waals surface area contributed by atoms with Crippen LogP contribution in [0.5, 0.6) is 5.75 Å². The molecule has 2 aromatic rings. The van der Waals surface area contributed by atoms with Gasteiger partial charge < -0.3 is 65.4 Å². The maximum atomic E-state index is 14.4. The number of aliphatic hydroxyl groups is 1. The molecule has 4 bridgehead atoms. The van der Waals surface area contributed by atoms with Gasteiger partial charge in [0, 0.05) is 70.9 Å². The van der Waals surface area contributed by atoms with Gasteiger partial charge >= 0.3 is 24.2 Å². The minimum absolute atomic E-state index is 0.0698. The quantitative estimate of drug-likeness (QED) is 0.0258. The molecule has 4 heterocycles. The van der Waals surface area contributed by atoms with E-state index >= 15 is 0 Å². The molecule has 10 atom stereocenters. The molecule has 480 valence electrons. The molecule has 4 aliphatic rings. The Kier molecular flexibility index (Phi) is 24.1. The summed E-state index contributed by atoms with van der Waals surface area (Å²) in [5.74, 6) is -4.54. The minimum Gasteiger partial charge on any atom is -0.495 e. The Balaban J connectivity index is 1.09. The van der Waals surface area contributed by atoms with E-state index in [-0.39, 0.29) is 68.1 Å². The molecule has 26 nitrogen and oxygen atoms in total. The van der Waals surface area contributed by atoms with E-state index in [0.29, 0.717) is 48.4 Å². The van der Waals surface area contributed by atoms with E-state index in [0.717, 1.165) is 20.9 Å². The van der Waals surface area contributed by atoms with Crippen molar-refractivity contribution in [1.82, 2.24) is 31.1 Å². The number of likely N-dealkylation sites (N-methyl/N-ethyl adjacent to an activating group) is 1. The smallest absolute Gasteiger partial charge is 0.410 e. The highest BCUT2D eigenvalue weighted by atomic mass is 35.5. The Morgan fingerprint density at radius 3 is 2.31 bits per heavy atom. The van der Waals surface area contributed by atoms with Gasteiger partial charge in [-0.2, -0.15) is 0 Å². The van der Waals surface area contributed by atoms with Crippen molar-refractivity contribution in [2.45, 2.75) is 160 Å². The predicted octanol–water partition coefficient (Wildman–Crippen LogP) is 4.82. The van der Waals surface area contributed by atoms with Gasteiger partial charge in [0.1, 0.15) is 59.4 Å². The van der Waals surface area contributed by atoms with Gasteiger partial charge in [-0.05, 0) is 94.2 Å². The third kappa shape index (κ3) is 18.0. The number of unbranched alkanes of at least 4 members (excludes halogenated alkanes) is 2. The summed E-state index contributed by atoms with van der Waals surface area (Å²) in [6, 6.07) is 5.55. The number of nitrogens with zero attached hydrogens (tertiary/aromatic N) is 3. The van der Waals surface area contributed by atoms with Crippen LogP contribution in [0.1, 0.15) is 104 Å². The van der Waals surface area contributed by atoms with Crippen molar-refractivity contribution in [3.63, 3.8) is 0 Å². The lowest BCUT2D eigenvalue weighted by Crippen LogP contribution is -2.63. The number of nitrogens with one attached hydrogen (secondary N) is 5. The summed E-state index contributed by atoms with van der Waals surface area (Å²) in [6.07, 6.45) is 3.41. The van der Waals surface area contributed by atoms with Gasteiger partial charge in [-0.25, -0.2) is 19.2 Å². The van der Waals surface area contributed by atoms with Gasteiger partial charge in [0.05, 0.1) is 25.3 Å². The number of benzene rings is 2. The van der Waals surface area contributed by atoms with Crippen LogP contribution in [0, 0.1) is 11.8 Å². The molecule has 6 rings (SSSR count). The van der Waals surface area contributed by atoms with E-state index in [2.05, 4.69) is 26.6 Å². The van der Waals surface area contributed by atoms with Gasteiger partial charge in [0.2, 0.25) is 23.6 Å². The number of methoxy groups -OCH3 is 2. The molecule has 0 aromatic heterocycles. The van der Waals surface area contributed by atoms with E-state index in [1.807, 2.05) is 13.0 Å². The second-order valence-electron chi connectivity index (χ2n) is 23.0. The third-order valence-corrected chi connectivity index (χ3v) is 16.4. The molecule has 7 unspecified atom stereocenters. The Labute approximate surface area is 516 Å². The number of carbonyl (C=O) groups is 10. The van der Waals surface area contributed by atoms with E-state index in [1.165, 1.54) is 52.3 Å². The number of hydrogen-bond donors (Lipinski definition) is 7. The number of amides is 10. The molecular weight excluding hydrogens is 1170 g/mol. The number of halogens is 1. The van der Waals surface area contributed by atoms with Crippen LogP contribution < -0.4 is 42.0 Å². The minimum atomic E-state index is -1.91. The largest absolute Gasteiger partial charge is 0.495 e. The number of imide groups is 1. The fourth-order valence-corrected chi connectivity index (χ4v) is 10.8. The first-order chi connectivity index (χ1) is 41.6. The van der Waals surface area contributed by atoms with Crippen molar-refractivity contribution in [1.29, 1.82) is 0 Å². The van der Waals surface area contributed by atoms with Gasteiger partial charge in [-0.15, -0.1) is 0 Å². The van der Waals surface area contributed by atoms with Crippen molar-refractivity contribution in [2.24, 2.45) is 17.6 Å². The number of anilines is 2. The van der Waals surface area contributed by atoms with Gasteiger partial charge in [-0.1, -0.05) is 74.7 Å². The van der Waals surface area contributed by atoms with Gasteiger partial charge in [-0.3, -0.25) is 43.9 Å². The van der Waals surface area contributed by atoms with E-state index < -0.39 is 114 Å². The van der Waals surface area contributed by atoms with Crippen LogP contribution in [-0.4, -0.2) is 170 Å². The molecule has 0 aliphatic carbocycles. The molecule has 2 aromatic carbocycles. The maximum absolute atomic E-state index is 14.4. The topological polar surface area (TPSA) is 346 Å². The molecule has 2 fully saturated rings. The Hall–Kier alpha value is -8.07. The molecule has 88 heavy (non-hydrogen) atoms. The van der Waals surface area contributed by atoms with Gasteiger partial charge in [0.25, 0.3) is 11.8 Å². The zero-order valence-electron chi connectivity index (χ0n) is 51.3. The number of primary amides is 1. The average Bonchev–Trinajstić information content (AvgIpc) is 1.82. The fraction of sp³-hybridized carbons (Fsp3) is 0.541. The van der Waals surface area contributed by atoms with E-state index in [4.69, 9.17) is 45.8 Å². The summed E-state index contributed by atoms with van der Waals surface area (Å²) in [6.45, 7) is 10.2. The number of allylic oxidation sites excluding steroid dienone is 3. The number of nitrogens with two attached hydrogens (primary N) is 1. The molecule has 2 saturated heterocycles. The molecule has 27 heteroatoms. The molecule has 8 N–H and O–H groups in total. The van der Waals surface area contributed by atoms with Crippen LogP contribution in [0.25, 0.3) is 0 Å². The summed E-state index contributed by atoms with van der Waals surface area (Å²) in [4.78, 5) is 134. The molecule has 0 spiro atoms. The molecular formula is C61H82ClN9O17. The summed E-state index contributed by atoms with van der Waals surface area (Å²) in [5.41, 5.74) is 4.68. The Bertz CT molecular complexity index is 3010. The highest BCUT2D eigenvalue weighted by molar-refractivity contribution is 6.35. The van der Waals surface area contributed by atoms with Crippen molar-refractivity contribution in [2.75, 3.05) is 51.6 Å². The third-order valence-electron chi connectivity index (χ3n) is 16.1. The van der Waals surface area contributed by atoms with Crippen molar-refractivity contribution in [3.8, 4) is 5.75 Å². The lowest BCUT2D eigenvalue weighted by molar-refractivity contribution is -0.158. The van der Waals surface area contributed by atoms with Crippen molar-refractivity contribution in [3.05, 3.63) is 88.5 Å². The van der Waals surface area contributed by atoms with Crippen LogP contribution >= 0.6 is 11.6 Å². The highest BCUT2D eigenvalue weighted by Gasteiger charge is 2.64. The van der Waals surface area contributed by atoms with Crippen LogP contribution in [-0.2, 0) is 70.3 Å². The average molecular weight is 1250 g/mol. The number of rotatable bonds is 23. The predicted molar refractivity (Wildman–Crippen MR) is 321 cm³/mol. The number of urea groups is 1. The van der Waals surface area contributed by atoms with Gasteiger partial charge in [0.15, 0.2) is 5.72 Å². The molecule has 0 saturated carbocycles. The molecule has 4 aliphatic heterocycles. The Morgan fingerprint density at radius 1 is 0.966 bits per heavy atom. The second kappa shape index (κ2) is 30.7. The van der Waals surface area contributed by atoms with Crippen LogP contribution in [0.4, 0.5) is 25.8 Å². The lowest BCUT2D eigenvalue weighted by atomic mass is 9.83. The number of hydrogen-bond acceptors (Lipinski definition) is 17. The number of epoxide rings is 1. The van der Waals surface area contributed by atoms with Crippen LogP contribution in [0.2, 0.25) is 5.02 Å². The first kappa shape index (κ1) is 69.0. The normalized spacial score (nSPS) is 24.7. The number of fused-ring (bicyclic) bond motifs is 5. The first-order valence-electron chi connectivity index (χ1n) is 29.1. The van der Waals surface area contributed by atoms with Crippen molar-refractivity contribution < 1.29 is 81.5 Å². The number of esters is 1. The van der Waals surface area contributed by atoms with Crippen molar-refractivity contribution >= 4 is 82.6 Å². The molecule has 10 amide bonds. The lowest BCUT2D eigenvalue weighted by Gasteiger charge is -2.42. The van der Waals surface area contributed by atoms with E-state index in [1.54, 1.807) is 76.2 Å².